The summed E-state index contributed by atoms with van der Waals surface area (Å²) in [5.74, 6) is 0. The zero-order chi connectivity index (χ0) is 14.8. The molecule has 20 heavy (non-hydrogen) atoms. The van der Waals surface area contributed by atoms with Crippen LogP contribution in [0.2, 0.25) is 0 Å². The molecular weight excluding hydrogens is 367 g/mol. The smallest absolute Gasteiger partial charge is 0.410 e. The lowest BCUT2D eigenvalue weighted by atomic mass is 10.2. The van der Waals surface area contributed by atoms with E-state index in [0.29, 0.717) is 12.6 Å². The maximum Gasteiger partial charge on any atom is 0.410 e. The Hall–Kier alpha value is -0.980. The molecule has 4 nitrogen and oxygen atoms in total. The standard InChI is InChI=1S/C15H21IN2O2/c1-15(2,3)20-14(19)18-9-8-11(10-18)17-13-7-5-4-6-12(13)16/h4-7,11,17H,8-10H2,1-3H3. The third-order valence-electron chi connectivity index (χ3n) is 3.07. The lowest BCUT2D eigenvalue weighted by molar-refractivity contribution is 0.0293. The molecule has 1 heterocycles. The number of amides is 1. The van der Waals surface area contributed by atoms with Gasteiger partial charge in [0.25, 0.3) is 0 Å². The van der Waals surface area contributed by atoms with Gasteiger partial charge in [-0.05, 0) is 61.9 Å². The zero-order valence-corrected chi connectivity index (χ0v) is 14.3. The van der Waals surface area contributed by atoms with Crippen LogP contribution in [0.25, 0.3) is 0 Å². The highest BCUT2D eigenvalue weighted by atomic mass is 127. The van der Waals surface area contributed by atoms with Crippen molar-refractivity contribution in [3.63, 3.8) is 0 Å². The van der Waals surface area contributed by atoms with Gasteiger partial charge in [-0.3, -0.25) is 0 Å². The number of carbonyl (C=O) groups excluding carboxylic acids is 1. The van der Waals surface area contributed by atoms with E-state index in [1.807, 2.05) is 32.9 Å². The molecule has 2 rings (SSSR count). The number of ether oxygens (including phenoxy) is 1. The minimum Gasteiger partial charge on any atom is -0.444 e. The second-order valence-corrected chi connectivity index (χ2v) is 7.20. The maximum atomic E-state index is 12.0. The Labute approximate surface area is 134 Å². The molecule has 0 aromatic heterocycles. The number of anilines is 1. The number of carbonyl (C=O) groups is 1. The van der Waals surface area contributed by atoms with Gasteiger partial charge in [0.15, 0.2) is 0 Å². The Morgan fingerprint density at radius 2 is 2.10 bits per heavy atom. The number of likely N-dealkylation sites (tertiary alicyclic amines) is 1. The summed E-state index contributed by atoms with van der Waals surface area (Å²) in [5.41, 5.74) is 0.696. The zero-order valence-electron chi connectivity index (χ0n) is 12.1. The molecule has 1 aliphatic rings. The highest BCUT2D eigenvalue weighted by molar-refractivity contribution is 14.1. The van der Waals surface area contributed by atoms with Crippen LogP contribution in [0.3, 0.4) is 0 Å². The maximum absolute atomic E-state index is 12.0. The third-order valence-corrected chi connectivity index (χ3v) is 4.01. The first-order valence-corrected chi connectivity index (χ1v) is 7.92. The predicted octanol–water partition coefficient (Wildman–Crippen LogP) is 3.71. The number of benzene rings is 1. The van der Waals surface area contributed by atoms with Crippen LogP contribution < -0.4 is 5.32 Å². The van der Waals surface area contributed by atoms with Gasteiger partial charge >= 0.3 is 6.09 Å². The molecule has 1 N–H and O–H groups in total. The molecule has 110 valence electrons. The van der Waals surface area contributed by atoms with Crippen LogP contribution in [-0.4, -0.2) is 35.7 Å². The second-order valence-electron chi connectivity index (χ2n) is 6.04. The average molecular weight is 388 g/mol. The summed E-state index contributed by atoms with van der Waals surface area (Å²) in [7, 11) is 0. The van der Waals surface area contributed by atoms with Gasteiger partial charge in [-0.15, -0.1) is 0 Å². The summed E-state index contributed by atoms with van der Waals surface area (Å²) in [5, 5.41) is 3.50. The first kappa shape index (κ1) is 15.4. The molecular formula is C15H21IN2O2. The highest BCUT2D eigenvalue weighted by Gasteiger charge is 2.29. The van der Waals surface area contributed by atoms with Crippen molar-refractivity contribution in [2.24, 2.45) is 0 Å². The molecule has 1 amide bonds. The molecule has 1 saturated heterocycles. The van der Waals surface area contributed by atoms with E-state index in [4.69, 9.17) is 4.74 Å². The molecule has 1 unspecified atom stereocenters. The molecule has 1 aliphatic heterocycles. The van der Waals surface area contributed by atoms with E-state index in [-0.39, 0.29) is 6.09 Å². The summed E-state index contributed by atoms with van der Waals surface area (Å²) < 4.78 is 6.60. The Kier molecular flexibility index (Phi) is 4.78. The summed E-state index contributed by atoms with van der Waals surface area (Å²) in [6.07, 6.45) is 0.731. The van der Waals surface area contributed by atoms with Crippen LogP contribution in [0.5, 0.6) is 0 Å². The van der Waals surface area contributed by atoms with Crippen LogP contribution in [-0.2, 0) is 4.74 Å². The van der Waals surface area contributed by atoms with E-state index in [1.54, 1.807) is 4.90 Å². The summed E-state index contributed by atoms with van der Waals surface area (Å²) in [6, 6.07) is 8.47. The van der Waals surface area contributed by atoms with E-state index in [2.05, 4.69) is 40.0 Å². The van der Waals surface area contributed by atoms with Crippen LogP contribution >= 0.6 is 22.6 Å². The molecule has 1 fully saturated rings. The van der Waals surface area contributed by atoms with Crippen molar-refractivity contribution in [2.45, 2.75) is 38.8 Å². The number of nitrogens with one attached hydrogen (secondary N) is 1. The second kappa shape index (κ2) is 6.20. The third kappa shape index (κ3) is 4.26. The number of para-hydroxylation sites is 1. The molecule has 0 saturated carbocycles. The Bertz CT molecular complexity index is 485. The molecule has 1 aromatic carbocycles. The largest absolute Gasteiger partial charge is 0.444 e. The number of hydrogen-bond acceptors (Lipinski definition) is 3. The molecule has 5 heteroatoms. The molecule has 1 aromatic rings. The molecule has 0 radical (unpaired) electrons. The van der Waals surface area contributed by atoms with Gasteiger partial charge in [-0.2, -0.15) is 0 Å². The van der Waals surface area contributed by atoms with Crippen molar-refractivity contribution >= 4 is 34.4 Å². The van der Waals surface area contributed by atoms with Crippen molar-refractivity contribution in [2.75, 3.05) is 18.4 Å². The number of rotatable bonds is 2. The van der Waals surface area contributed by atoms with Crippen molar-refractivity contribution in [1.82, 2.24) is 4.90 Å². The highest BCUT2D eigenvalue weighted by Crippen LogP contribution is 2.22. The Balaban J connectivity index is 1.90. The quantitative estimate of drug-likeness (QED) is 0.786. The van der Waals surface area contributed by atoms with Crippen molar-refractivity contribution in [1.29, 1.82) is 0 Å². The van der Waals surface area contributed by atoms with Gasteiger partial charge in [0, 0.05) is 28.4 Å². The number of halogens is 1. The molecule has 1 atom stereocenters. The molecule has 0 aliphatic carbocycles. The number of nitrogens with zero attached hydrogens (tertiary/aromatic N) is 1. The van der Waals surface area contributed by atoms with E-state index in [0.717, 1.165) is 18.7 Å². The van der Waals surface area contributed by atoms with Crippen LogP contribution in [0, 0.1) is 3.57 Å². The van der Waals surface area contributed by atoms with Gasteiger partial charge < -0.3 is 15.0 Å². The van der Waals surface area contributed by atoms with E-state index in [9.17, 15) is 4.79 Å². The average Bonchev–Trinajstić information content (AvgIpc) is 2.79. The van der Waals surface area contributed by atoms with Gasteiger partial charge in [0.1, 0.15) is 5.60 Å². The fourth-order valence-electron chi connectivity index (χ4n) is 2.17. The normalized spacial score (nSPS) is 19.0. The Morgan fingerprint density at radius 3 is 2.75 bits per heavy atom. The minimum absolute atomic E-state index is 0.218. The van der Waals surface area contributed by atoms with Crippen molar-refractivity contribution in [3.05, 3.63) is 27.8 Å². The minimum atomic E-state index is -0.433. The fourth-order valence-corrected chi connectivity index (χ4v) is 2.71. The van der Waals surface area contributed by atoms with Crippen molar-refractivity contribution in [3.8, 4) is 0 Å². The SMILES string of the molecule is CC(C)(C)OC(=O)N1CCC(Nc2ccccc2I)C1. The first-order valence-electron chi connectivity index (χ1n) is 6.84. The summed E-state index contributed by atoms with van der Waals surface area (Å²) in [6.45, 7) is 7.12. The summed E-state index contributed by atoms with van der Waals surface area (Å²) in [4.78, 5) is 13.8. The van der Waals surface area contributed by atoms with Crippen LogP contribution in [0.15, 0.2) is 24.3 Å². The molecule has 0 bridgehead atoms. The van der Waals surface area contributed by atoms with Gasteiger partial charge in [0.05, 0.1) is 0 Å². The van der Waals surface area contributed by atoms with Gasteiger partial charge in [-0.25, -0.2) is 4.79 Å². The topological polar surface area (TPSA) is 41.6 Å². The first-order chi connectivity index (χ1) is 9.35. The van der Waals surface area contributed by atoms with Crippen LogP contribution in [0.4, 0.5) is 10.5 Å². The van der Waals surface area contributed by atoms with Gasteiger partial charge in [0.2, 0.25) is 0 Å². The van der Waals surface area contributed by atoms with E-state index >= 15 is 0 Å². The van der Waals surface area contributed by atoms with Gasteiger partial charge in [-0.1, -0.05) is 12.1 Å². The lowest BCUT2D eigenvalue weighted by Crippen LogP contribution is -2.36. The fraction of sp³-hybridized carbons (Fsp3) is 0.533. The summed E-state index contributed by atoms with van der Waals surface area (Å²) >= 11 is 2.32. The van der Waals surface area contributed by atoms with E-state index < -0.39 is 5.60 Å². The molecule has 0 spiro atoms. The monoisotopic (exact) mass is 388 g/mol. The van der Waals surface area contributed by atoms with Crippen molar-refractivity contribution < 1.29 is 9.53 Å². The Morgan fingerprint density at radius 1 is 1.40 bits per heavy atom. The predicted molar refractivity (Wildman–Crippen MR) is 89.0 cm³/mol. The van der Waals surface area contributed by atoms with E-state index in [1.165, 1.54) is 3.57 Å². The lowest BCUT2D eigenvalue weighted by Gasteiger charge is -2.24. The van der Waals surface area contributed by atoms with Crippen LogP contribution in [0.1, 0.15) is 27.2 Å². The number of hydrogen-bond donors (Lipinski definition) is 1.